The second-order valence-corrected chi connectivity index (χ2v) is 9.02. The highest BCUT2D eigenvalue weighted by atomic mass is 35.5. The summed E-state index contributed by atoms with van der Waals surface area (Å²) in [7, 11) is 0. The molecule has 0 aromatic heterocycles. The molecule has 2 atom stereocenters. The van der Waals surface area contributed by atoms with Crippen LogP contribution >= 0.6 is 35.0 Å². The number of allylic oxidation sites excluding steroid dienone is 1. The molecule has 0 fully saturated rings. The Bertz CT molecular complexity index is 921. The van der Waals surface area contributed by atoms with Crippen molar-refractivity contribution in [2.24, 2.45) is 5.73 Å². The summed E-state index contributed by atoms with van der Waals surface area (Å²) in [5.74, 6) is 0. The molecule has 0 saturated heterocycles. The lowest BCUT2D eigenvalue weighted by molar-refractivity contribution is -0.160. The maximum Gasteiger partial charge on any atom is 0.407 e. The maximum atomic E-state index is 14.2. The first-order valence-corrected chi connectivity index (χ1v) is 10.1. The molecule has 2 aliphatic rings. The molecule has 1 heterocycles. The smallest absolute Gasteiger partial charge is 0.324 e. The number of halogens is 5. The van der Waals surface area contributed by atoms with Gasteiger partial charge >= 0.3 is 6.18 Å². The molecule has 7 heteroatoms. The summed E-state index contributed by atoms with van der Waals surface area (Å²) >= 11 is 12.7. The van der Waals surface area contributed by atoms with Gasteiger partial charge in [0, 0.05) is 22.5 Å². The maximum absolute atomic E-state index is 14.2. The highest BCUT2D eigenvalue weighted by molar-refractivity contribution is 8.03. The minimum atomic E-state index is -4.46. The fourth-order valence-corrected chi connectivity index (χ4v) is 5.55. The zero-order valence-corrected chi connectivity index (χ0v) is 16.4. The molecular weight excluding hydrogens is 414 g/mol. The van der Waals surface area contributed by atoms with Crippen molar-refractivity contribution < 1.29 is 13.2 Å². The van der Waals surface area contributed by atoms with Gasteiger partial charge in [-0.2, -0.15) is 13.2 Å². The first-order chi connectivity index (χ1) is 12.7. The monoisotopic (exact) mass is 429 g/mol. The molecular formula is C20H16Cl2F3NS. The first-order valence-electron chi connectivity index (χ1n) is 8.48. The average molecular weight is 430 g/mol. The Morgan fingerprint density at radius 3 is 2.44 bits per heavy atom. The van der Waals surface area contributed by atoms with Gasteiger partial charge < -0.3 is 5.73 Å². The van der Waals surface area contributed by atoms with Crippen molar-refractivity contribution in [3.63, 3.8) is 0 Å². The molecule has 1 nitrogen and oxygen atoms in total. The third kappa shape index (κ3) is 3.29. The number of rotatable bonds is 2. The number of aryl methyl sites for hydroxylation is 1. The molecule has 1 aliphatic carbocycles. The van der Waals surface area contributed by atoms with Crippen LogP contribution in [-0.4, -0.2) is 6.18 Å². The summed E-state index contributed by atoms with van der Waals surface area (Å²) in [6, 6.07) is 9.95. The zero-order chi connectivity index (χ0) is 19.4. The Morgan fingerprint density at radius 1 is 1.07 bits per heavy atom. The highest BCUT2D eigenvalue weighted by Crippen LogP contribution is 2.60. The third-order valence-corrected chi connectivity index (χ3v) is 7.12. The second-order valence-electron chi connectivity index (χ2n) is 6.98. The van der Waals surface area contributed by atoms with Crippen LogP contribution in [-0.2, 0) is 11.2 Å². The van der Waals surface area contributed by atoms with E-state index in [0.29, 0.717) is 5.57 Å². The van der Waals surface area contributed by atoms with Gasteiger partial charge in [0.25, 0.3) is 0 Å². The average Bonchev–Trinajstić information content (AvgIpc) is 3.19. The molecule has 1 aliphatic heterocycles. The van der Waals surface area contributed by atoms with E-state index in [2.05, 4.69) is 0 Å². The summed E-state index contributed by atoms with van der Waals surface area (Å²) in [6.45, 7) is 0. The molecule has 2 aromatic rings. The SMILES string of the molecule is NC1CCc2cc(C3=CSC(c4cc(Cl)cc(Cl)c4)(C(F)(F)F)C3)ccc21. The van der Waals surface area contributed by atoms with Crippen molar-refractivity contribution in [3.05, 3.63) is 74.1 Å². The van der Waals surface area contributed by atoms with Gasteiger partial charge in [0.2, 0.25) is 0 Å². The van der Waals surface area contributed by atoms with Gasteiger partial charge in [-0.1, -0.05) is 41.4 Å². The van der Waals surface area contributed by atoms with E-state index in [9.17, 15) is 13.2 Å². The topological polar surface area (TPSA) is 26.0 Å². The lowest BCUT2D eigenvalue weighted by Gasteiger charge is -2.32. The van der Waals surface area contributed by atoms with E-state index >= 15 is 0 Å². The predicted molar refractivity (Wildman–Crippen MR) is 106 cm³/mol. The van der Waals surface area contributed by atoms with Crippen molar-refractivity contribution in [1.29, 1.82) is 0 Å². The number of hydrogen-bond donors (Lipinski definition) is 1. The van der Waals surface area contributed by atoms with Crippen LogP contribution in [0.1, 0.15) is 41.1 Å². The summed E-state index contributed by atoms with van der Waals surface area (Å²) in [6.07, 6.45) is -2.88. The highest BCUT2D eigenvalue weighted by Gasteiger charge is 2.58. The number of fused-ring (bicyclic) bond motifs is 1. The minimum absolute atomic E-state index is 0.0175. The third-order valence-electron chi connectivity index (χ3n) is 5.27. The van der Waals surface area contributed by atoms with Crippen LogP contribution in [0.2, 0.25) is 10.0 Å². The molecule has 2 aromatic carbocycles. The molecule has 0 bridgehead atoms. The quantitative estimate of drug-likeness (QED) is 0.563. The lowest BCUT2D eigenvalue weighted by Crippen LogP contribution is -2.37. The molecule has 142 valence electrons. The number of alkyl halides is 3. The fraction of sp³-hybridized carbons (Fsp3) is 0.300. The van der Waals surface area contributed by atoms with E-state index in [-0.39, 0.29) is 28.1 Å². The summed E-state index contributed by atoms with van der Waals surface area (Å²) in [5.41, 5.74) is 9.83. The van der Waals surface area contributed by atoms with Crippen LogP contribution in [0.3, 0.4) is 0 Å². The van der Waals surface area contributed by atoms with Crippen LogP contribution < -0.4 is 5.73 Å². The van der Waals surface area contributed by atoms with Gasteiger partial charge in [-0.3, -0.25) is 0 Å². The minimum Gasteiger partial charge on any atom is -0.324 e. The van der Waals surface area contributed by atoms with Gasteiger partial charge in [0.1, 0.15) is 4.75 Å². The molecule has 0 radical (unpaired) electrons. The molecule has 0 spiro atoms. The van der Waals surface area contributed by atoms with Gasteiger partial charge in [-0.05, 0) is 64.3 Å². The first kappa shape index (κ1) is 19.2. The number of benzene rings is 2. The molecule has 2 unspecified atom stereocenters. The second kappa shape index (κ2) is 6.73. The van der Waals surface area contributed by atoms with E-state index < -0.39 is 10.9 Å². The Hall–Kier alpha value is -1.14. The van der Waals surface area contributed by atoms with Crippen LogP contribution in [0, 0.1) is 0 Å². The summed E-state index contributed by atoms with van der Waals surface area (Å²) in [5, 5.41) is 2.00. The van der Waals surface area contributed by atoms with Gasteiger partial charge in [-0.25, -0.2) is 0 Å². The van der Waals surface area contributed by atoms with E-state index in [1.165, 1.54) is 18.2 Å². The zero-order valence-electron chi connectivity index (χ0n) is 14.1. The summed E-state index contributed by atoms with van der Waals surface area (Å²) < 4.78 is 40.4. The number of thioether (sulfide) groups is 1. The molecule has 27 heavy (non-hydrogen) atoms. The lowest BCUT2D eigenvalue weighted by atomic mass is 9.88. The molecule has 2 N–H and O–H groups in total. The van der Waals surface area contributed by atoms with Crippen LogP contribution in [0.15, 0.2) is 41.8 Å². The Kier molecular flexibility index (Phi) is 4.78. The van der Waals surface area contributed by atoms with Crippen molar-refractivity contribution in [2.75, 3.05) is 0 Å². The Labute approximate surface area is 169 Å². The summed E-state index contributed by atoms with van der Waals surface area (Å²) in [4.78, 5) is 0. The van der Waals surface area contributed by atoms with Crippen molar-refractivity contribution in [2.45, 2.75) is 36.2 Å². The number of nitrogens with two attached hydrogens (primary N) is 1. The van der Waals surface area contributed by atoms with Crippen LogP contribution in [0.5, 0.6) is 0 Å². The van der Waals surface area contributed by atoms with Crippen molar-refractivity contribution in [1.82, 2.24) is 0 Å². The largest absolute Gasteiger partial charge is 0.407 e. The van der Waals surface area contributed by atoms with Gasteiger partial charge in [-0.15, -0.1) is 11.8 Å². The Morgan fingerprint density at radius 2 is 1.78 bits per heavy atom. The molecule has 0 saturated carbocycles. The van der Waals surface area contributed by atoms with E-state index in [1.54, 1.807) is 5.41 Å². The van der Waals surface area contributed by atoms with Crippen LogP contribution in [0.4, 0.5) is 13.2 Å². The van der Waals surface area contributed by atoms with E-state index in [0.717, 1.165) is 41.3 Å². The predicted octanol–water partition coefficient (Wildman–Crippen LogP) is 6.88. The molecule has 0 amide bonds. The van der Waals surface area contributed by atoms with E-state index in [1.807, 2.05) is 18.2 Å². The fourth-order valence-electron chi connectivity index (χ4n) is 3.83. The Balaban J connectivity index is 1.72. The molecule has 4 rings (SSSR count). The van der Waals surface area contributed by atoms with Gasteiger partial charge in [0.15, 0.2) is 0 Å². The van der Waals surface area contributed by atoms with E-state index in [4.69, 9.17) is 28.9 Å². The van der Waals surface area contributed by atoms with Gasteiger partial charge in [0.05, 0.1) is 0 Å². The van der Waals surface area contributed by atoms with Crippen LogP contribution in [0.25, 0.3) is 5.57 Å². The number of hydrogen-bond acceptors (Lipinski definition) is 2. The van der Waals surface area contributed by atoms with Crippen molar-refractivity contribution in [3.8, 4) is 0 Å². The van der Waals surface area contributed by atoms with Crippen molar-refractivity contribution >= 4 is 40.5 Å². The normalized spacial score (nSPS) is 24.8. The standard InChI is InChI=1S/C20H16Cl2F3NS/c21-15-6-14(7-16(22)8-15)19(20(23,24)25)9-13(10-27-19)11-1-3-17-12(5-11)2-4-18(17)26/h1,3,5-8,10,18H,2,4,9,26H2.